The molecule has 17 heavy (non-hydrogen) atoms. The molecule has 2 aromatic rings. The predicted octanol–water partition coefficient (Wildman–Crippen LogP) is 2.76. The Morgan fingerprint density at radius 2 is 2.06 bits per heavy atom. The highest BCUT2D eigenvalue weighted by Gasteiger charge is 2.04. The molecule has 0 aliphatic heterocycles. The smallest absolute Gasteiger partial charge is 0.224 e. The van der Waals surface area contributed by atoms with Crippen LogP contribution in [0.15, 0.2) is 30.6 Å². The van der Waals surface area contributed by atoms with Gasteiger partial charge in [-0.1, -0.05) is 0 Å². The number of anilines is 1. The van der Waals surface area contributed by atoms with Crippen LogP contribution in [-0.2, 0) is 0 Å². The highest BCUT2D eigenvalue weighted by molar-refractivity contribution is 5.40. The normalized spacial score (nSPS) is 10.1. The average Bonchev–Trinajstić information content (AvgIpc) is 2.33. The van der Waals surface area contributed by atoms with Gasteiger partial charge in [0.05, 0.1) is 0 Å². The summed E-state index contributed by atoms with van der Waals surface area (Å²) >= 11 is 0. The summed E-state index contributed by atoms with van der Waals surface area (Å²) in [6.07, 6.45) is 1.40. The SMILES string of the molecule is CNc1cc(Oc2ccc(F)cc2C)ncn1. The molecular formula is C12H12FN3O. The first-order chi connectivity index (χ1) is 8.19. The Morgan fingerprint density at radius 1 is 1.24 bits per heavy atom. The van der Waals surface area contributed by atoms with E-state index in [1.807, 2.05) is 0 Å². The Bertz CT molecular complexity index is 531. The van der Waals surface area contributed by atoms with Gasteiger partial charge in [0.2, 0.25) is 5.88 Å². The summed E-state index contributed by atoms with van der Waals surface area (Å²) in [4.78, 5) is 7.95. The molecule has 88 valence electrons. The van der Waals surface area contributed by atoms with Crippen LogP contribution in [0.4, 0.5) is 10.2 Å². The number of aromatic nitrogens is 2. The van der Waals surface area contributed by atoms with Gasteiger partial charge in [0.15, 0.2) is 0 Å². The van der Waals surface area contributed by atoms with Crippen LogP contribution in [-0.4, -0.2) is 17.0 Å². The van der Waals surface area contributed by atoms with Crippen molar-refractivity contribution in [3.63, 3.8) is 0 Å². The van der Waals surface area contributed by atoms with E-state index in [-0.39, 0.29) is 5.82 Å². The predicted molar refractivity (Wildman–Crippen MR) is 62.8 cm³/mol. The maximum absolute atomic E-state index is 12.9. The fraction of sp³-hybridized carbons (Fsp3) is 0.167. The zero-order valence-corrected chi connectivity index (χ0v) is 9.57. The third kappa shape index (κ3) is 2.69. The second-order valence-electron chi connectivity index (χ2n) is 3.50. The molecule has 1 aromatic carbocycles. The molecule has 0 amide bonds. The van der Waals surface area contributed by atoms with Gasteiger partial charge in [0.1, 0.15) is 23.7 Å². The summed E-state index contributed by atoms with van der Waals surface area (Å²) in [5.74, 6) is 1.37. The number of benzene rings is 1. The standard InChI is InChI=1S/C12H12FN3O/c1-8-5-9(13)3-4-10(8)17-12-6-11(14-2)15-7-16-12/h3-7H,1-2H3,(H,14,15,16). The Balaban J connectivity index is 2.25. The van der Waals surface area contributed by atoms with Gasteiger partial charge in [0, 0.05) is 13.1 Å². The summed E-state index contributed by atoms with van der Waals surface area (Å²) in [5.41, 5.74) is 0.717. The summed E-state index contributed by atoms with van der Waals surface area (Å²) < 4.78 is 18.5. The van der Waals surface area contributed by atoms with E-state index in [1.165, 1.54) is 18.5 Å². The molecule has 0 bridgehead atoms. The Kier molecular flexibility index (Phi) is 3.18. The summed E-state index contributed by atoms with van der Waals surface area (Å²) in [6.45, 7) is 1.78. The largest absolute Gasteiger partial charge is 0.439 e. The lowest BCUT2D eigenvalue weighted by atomic mass is 10.2. The van der Waals surface area contributed by atoms with E-state index in [0.717, 1.165) is 5.56 Å². The first-order valence-corrected chi connectivity index (χ1v) is 5.13. The van der Waals surface area contributed by atoms with Gasteiger partial charge < -0.3 is 10.1 Å². The van der Waals surface area contributed by atoms with Crippen molar-refractivity contribution in [2.24, 2.45) is 0 Å². The lowest BCUT2D eigenvalue weighted by Crippen LogP contribution is -1.96. The second-order valence-corrected chi connectivity index (χ2v) is 3.50. The van der Waals surface area contributed by atoms with Gasteiger partial charge in [-0.3, -0.25) is 0 Å². The van der Waals surface area contributed by atoms with E-state index >= 15 is 0 Å². The van der Waals surface area contributed by atoms with E-state index in [2.05, 4.69) is 15.3 Å². The van der Waals surface area contributed by atoms with E-state index in [1.54, 1.807) is 26.1 Å². The molecule has 0 saturated heterocycles. The van der Waals surface area contributed by atoms with Gasteiger partial charge in [-0.25, -0.2) is 14.4 Å². The molecule has 0 saturated carbocycles. The van der Waals surface area contributed by atoms with E-state index in [4.69, 9.17) is 4.74 Å². The Morgan fingerprint density at radius 3 is 2.76 bits per heavy atom. The summed E-state index contributed by atoms with van der Waals surface area (Å²) in [6, 6.07) is 6.01. The van der Waals surface area contributed by atoms with Crippen molar-refractivity contribution in [3.8, 4) is 11.6 Å². The zero-order valence-electron chi connectivity index (χ0n) is 9.57. The first kappa shape index (κ1) is 11.3. The zero-order chi connectivity index (χ0) is 12.3. The number of rotatable bonds is 3. The third-order valence-electron chi connectivity index (χ3n) is 2.25. The number of hydrogen-bond donors (Lipinski definition) is 1. The number of aryl methyl sites for hydroxylation is 1. The molecule has 4 nitrogen and oxygen atoms in total. The molecule has 5 heteroatoms. The van der Waals surface area contributed by atoms with Gasteiger partial charge in [0.25, 0.3) is 0 Å². The fourth-order valence-corrected chi connectivity index (χ4v) is 1.37. The minimum atomic E-state index is -0.284. The summed E-state index contributed by atoms with van der Waals surface area (Å²) in [7, 11) is 1.76. The molecule has 1 heterocycles. The molecule has 0 unspecified atom stereocenters. The summed E-state index contributed by atoms with van der Waals surface area (Å²) in [5, 5.41) is 2.89. The monoisotopic (exact) mass is 233 g/mol. The van der Waals surface area contributed by atoms with Gasteiger partial charge >= 0.3 is 0 Å². The van der Waals surface area contributed by atoms with E-state index < -0.39 is 0 Å². The van der Waals surface area contributed by atoms with Crippen LogP contribution >= 0.6 is 0 Å². The van der Waals surface area contributed by atoms with Crippen LogP contribution in [0.25, 0.3) is 0 Å². The molecule has 0 radical (unpaired) electrons. The molecule has 0 spiro atoms. The van der Waals surface area contributed by atoms with Gasteiger partial charge in [-0.15, -0.1) is 0 Å². The van der Waals surface area contributed by atoms with Crippen molar-refractivity contribution in [2.75, 3.05) is 12.4 Å². The Labute approximate surface area is 98.5 Å². The molecule has 0 atom stereocenters. The van der Waals surface area contributed by atoms with Crippen molar-refractivity contribution in [1.82, 2.24) is 9.97 Å². The van der Waals surface area contributed by atoms with Crippen LogP contribution in [0, 0.1) is 12.7 Å². The van der Waals surface area contributed by atoms with Crippen molar-refractivity contribution >= 4 is 5.82 Å². The van der Waals surface area contributed by atoms with Crippen molar-refractivity contribution in [3.05, 3.63) is 42.0 Å². The van der Waals surface area contributed by atoms with Crippen molar-refractivity contribution in [2.45, 2.75) is 6.92 Å². The maximum Gasteiger partial charge on any atom is 0.224 e. The number of ether oxygens (including phenoxy) is 1. The minimum Gasteiger partial charge on any atom is -0.439 e. The minimum absolute atomic E-state index is 0.284. The molecule has 2 rings (SSSR count). The maximum atomic E-state index is 12.9. The highest BCUT2D eigenvalue weighted by Crippen LogP contribution is 2.24. The van der Waals surface area contributed by atoms with Crippen LogP contribution in [0.5, 0.6) is 11.6 Å². The number of nitrogens with one attached hydrogen (secondary N) is 1. The van der Waals surface area contributed by atoms with E-state index in [0.29, 0.717) is 17.4 Å². The van der Waals surface area contributed by atoms with Gasteiger partial charge in [-0.05, 0) is 30.7 Å². The second kappa shape index (κ2) is 4.78. The lowest BCUT2D eigenvalue weighted by Gasteiger charge is -2.08. The van der Waals surface area contributed by atoms with Crippen LogP contribution in [0.1, 0.15) is 5.56 Å². The molecule has 0 fully saturated rings. The first-order valence-electron chi connectivity index (χ1n) is 5.13. The topological polar surface area (TPSA) is 47.0 Å². The highest BCUT2D eigenvalue weighted by atomic mass is 19.1. The average molecular weight is 233 g/mol. The fourth-order valence-electron chi connectivity index (χ4n) is 1.37. The quantitative estimate of drug-likeness (QED) is 0.885. The molecule has 0 aliphatic rings. The lowest BCUT2D eigenvalue weighted by molar-refractivity contribution is 0.456. The number of halogens is 1. The molecule has 0 aliphatic carbocycles. The molecule has 1 aromatic heterocycles. The van der Waals surface area contributed by atoms with E-state index in [9.17, 15) is 4.39 Å². The van der Waals surface area contributed by atoms with Crippen molar-refractivity contribution < 1.29 is 9.13 Å². The number of hydrogen-bond acceptors (Lipinski definition) is 4. The molecular weight excluding hydrogens is 221 g/mol. The van der Waals surface area contributed by atoms with Gasteiger partial charge in [-0.2, -0.15) is 0 Å². The Hall–Kier alpha value is -2.17. The van der Waals surface area contributed by atoms with Crippen molar-refractivity contribution in [1.29, 1.82) is 0 Å². The number of nitrogens with zero attached hydrogens (tertiary/aromatic N) is 2. The van der Waals surface area contributed by atoms with Crippen LogP contribution in [0.2, 0.25) is 0 Å². The van der Waals surface area contributed by atoms with Crippen LogP contribution in [0.3, 0.4) is 0 Å². The van der Waals surface area contributed by atoms with Crippen LogP contribution < -0.4 is 10.1 Å². The third-order valence-corrected chi connectivity index (χ3v) is 2.25. The molecule has 1 N–H and O–H groups in total.